The van der Waals surface area contributed by atoms with Crippen LogP contribution in [-0.4, -0.2) is 47.6 Å². The van der Waals surface area contributed by atoms with E-state index < -0.39 is 0 Å². The second-order valence-corrected chi connectivity index (χ2v) is 9.24. The van der Waals surface area contributed by atoms with Crippen LogP contribution in [0.5, 0.6) is 0 Å². The second-order valence-electron chi connectivity index (χ2n) is 7.79. The Hall–Kier alpha value is -1.53. The van der Waals surface area contributed by atoms with Gasteiger partial charge in [-0.3, -0.25) is 9.59 Å². The molecule has 2 aliphatic rings. The number of carbonyl (C=O) groups is 2. The zero-order valence-electron chi connectivity index (χ0n) is 16.2. The number of aryl methyl sites for hydroxylation is 1. The summed E-state index contributed by atoms with van der Waals surface area (Å²) in [7, 11) is 0. The molecule has 1 aliphatic carbocycles. The van der Waals surface area contributed by atoms with Crippen molar-refractivity contribution in [2.45, 2.75) is 55.1 Å². The summed E-state index contributed by atoms with van der Waals surface area (Å²) < 4.78 is -0.370. The summed E-state index contributed by atoms with van der Waals surface area (Å²) >= 11 is 1.72. The van der Waals surface area contributed by atoms with Crippen molar-refractivity contribution >= 4 is 23.6 Å². The SMILES string of the molecule is Cc1ccc(SC2(C(=O)N3CCCC(C(=O)NCCN)C3)CCCC2)cc1. The molecule has 3 rings (SSSR count). The van der Waals surface area contributed by atoms with Crippen LogP contribution in [0.25, 0.3) is 0 Å². The maximum atomic E-state index is 13.5. The van der Waals surface area contributed by atoms with Crippen LogP contribution in [0, 0.1) is 12.8 Å². The number of nitrogens with one attached hydrogen (secondary N) is 1. The maximum Gasteiger partial charge on any atom is 0.239 e. The molecule has 0 bridgehead atoms. The first-order chi connectivity index (χ1) is 13.0. The van der Waals surface area contributed by atoms with E-state index in [1.807, 2.05) is 4.90 Å². The lowest BCUT2D eigenvalue weighted by atomic mass is 9.95. The minimum Gasteiger partial charge on any atom is -0.355 e. The number of piperidine rings is 1. The Morgan fingerprint density at radius 1 is 1.22 bits per heavy atom. The number of amides is 2. The number of rotatable bonds is 6. The van der Waals surface area contributed by atoms with E-state index in [0.29, 0.717) is 19.6 Å². The summed E-state index contributed by atoms with van der Waals surface area (Å²) in [5, 5.41) is 2.88. The normalized spacial score (nSPS) is 21.9. The minimum absolute atomic E-state index is 0.0320. The molecule has 27 heavy (non-hydrogen) atoms. The Labute approximate surface area is 166 Å². The Morgan fingerprint density at radius 3 is 2.59 bits per heavy atom. The fourth-order valence-corrected chi connectivity index (χ4v) is 5.57. The molecule has 1 aromatic carbocycles. The lowest BCUT2D eigenvalue weighted by Gasteiger charge is -2.38. The smallest absolute Gasteiger partial charge is 0.239 e. The molecule has 2 fully saturated rings. The van der Waals surface area contributed by atoms with Gasteiger partial charge in [0.1, 0.15) is 0 Å². The van der Waals surface area contributed by atoms with Gasteiger partial charge < -0.3 is 16.0 Å². The van der Waals surface area contributed by atoms with Crippen molar-refractivity contribution in [2.24, 2.45) is 11.7 Å². The van der Waals surface area contributed by atoms with Gasteiger partial charge in [-0.15, -0.1) is 11.8 Å². The number of likely N-dealkylation sites (tertiary alicyclic amines) is 1. The molecule has 0 spiro atoms. The first-order valence-corrected chi connectivity index (χ1v) is 10.9. The summed E-state index contributed by atoms with van der Waals surface area (Å²) in [5.41, 5.74) is 6.71. The van der Waals surface area contributed by atoms with Gasteiger partial charge in [0, 0.05) is 31.1 Å². The van der Waals surface area contributed by atoms with Crippen molar-refractivity contribution in [1.29, 1.82) is 0 Å². The third-order valence-electron chi connectivity index (χ3n) is 5.66. The van der Waals surface area contributed by atoms with E-state index in [1.54, 1.807) is 11.8 Å². The molecule has 0 aromatic heterocycles. The topological polar surface area (TPSA) is 75.4 Å². The molecule has 5 nitrogen and oxygen atoms in total. The molecule has 1 aliphatic heterocycles. The molecule has 2 amide bonds. The molecule has 1 unspecified atom stereocenters. The van der Waals surface area contributed by atoms with E-state index in [1.165, 1.54) is 5.56 Å². The van der Waals surface area contributed by atoms with Gasteiger partial charge in [0.05, 0.1) is 10.7 Å². The zero-order chi connectivity index (χ0) is 19.3. The van der Waals surface area contributed by atoms with Crippen molar-refractivity contribution < 1.29 is 9.59 Å². The summed E-state index contributed by atoms with van der Waals surface area (Å²) in [5.74, 6) is 0.142. The van der Waals surface area contributed by atoms with Crippen LogP contribution in [-0.2, 0) is 9.59 Å². The highest BCUT2D eigenvalue weighted by molar-refractivity contribution is 8.01. The molecule has 148 valence electrons. The van der Waals surface area contributed by atoms with Gasteiger partial charge in [-0.2, -0.15) is 0 Å². The lowest BCUT2D eigenvalue weighted by molar-refractivity contribution is -0.137. The predicted octanol–water partition coefficient (Wildman–Crippen LogP) is 2.71. The fraction of sp³-hybridized carbons (Fsp3) is 0.619. The molecule has 3 N–H and O–H groups in total. The van der Waals surface area contributed by atoms with Crippen molar-refractivity contribution in [3.8, 4) is 0 Å². The Balaban J connectivity index is 1.70. The summed E-state index contributed by atoms with van der Waals surface area (Å²) in [4.78, 5) is 29.0. The number of thioether (sulfide) groups is 1. The van der Waals surface area contributed by atoms with Gasteiger partial charge in [-0.05, 0) is 44.7 Å². The average Bonchev–Trinajstić information content (AvgIpc) is 3.17. The molecular weight excluding hydrogens is 358 g/mol. The first-order valence-electron chi connectivity index (χ1n) is 10.1. The van der Waals surface area contributed by atoms with Crippen LogP contribution in [0.4, 0.5) is 0 Å². The van der Waals surface area contributed by atoms with E-state index >= 15 is 0 Å². The first kappa shape index (κ1) is 20.2. The van der Waals surface area contributed by atoms with E-state index in [9.17, 15) is 9.59 Å². The highest BCUT2D eigenvalue weighted by atomic mass is 32.2. The molecular formula is C21H31N3O2S. The quantitative estimate of drug-likeness (QED) is 0.784. The standard InChI is InChI=1S/C21H31N3O2S/c1-16-6-8-18(9-7-16)27-21(10-2-3-11-21)20(26)24-14-4-5-17(15-24)19(25)23-13-12-22/h6-9,17H,2-5,10-15,22H2,1H3,(H,23,25). The van der Waals surface area contributed by atoms with Gasteiger partial charge in [-0.25, -0.2) is 0 Å². The highest BCUT2D eigenvalue weighted by Gasteiger charge is 2.45. The van der Waals surface area contributed by atoms with Gasteiger partial charge in [0.25, 0.3) is 0 Å². The van der Waals surface area contributed by atoms with E-state index in [2.05, 4.69) is 36.5 Å². The molecule has 1 saturated carbocycles. The number of hydrogen-bond donors (Lipinski definition) is 2. The zero-order valence-corrected chi connectivity index (χ0v) is 17.0. The second kappa shape index (κ2) is 9.11. The number of hydrogen-bond acceptors (Lipinski definition) is 4. The van der Waals surface area contributed by atoms with Crippen LogP contribution in [0.15, 0.2) is 29.2 Å². The fourth-order valence-electron chi connectivity index (χ4n) is 4.14. The Kier molecular flexibility index (Phi) is 6.82. The molecule has 1 saturated heterocycles. The minimum atomic E-state index is -0.370. The molecule has 6 heteroatoms. The van der Waals surface area contributed by atoms with Crippen LogP contribution in [0.2, 0.25) is 0 Å². The van der Waals surface area contributed by atoms with E-state index in [0.717, 1.165) is 50.0 Å². The van der Waals surface area contributed by atoms with Crippen molar-refractivity contribution in [2.75, 3.05) is 26.2 Å². The van der Waals surface area contributed by atoms with Gasteiger partial charge in [0.15, 0.2) is 0 Å². The number of carbonyl (C=O) groups excluding carboxylic acids is 2. The van der Waals surface area contributed by atoms with E-state index in [4.69, 9.17) is 5.73 Å². The van der Waals surface area contributed by atoms with Crippen LogP contribution in [0.3, 0.4) is 0 Å². The molecule has 1 aromatic rings. The third-order valence-corrected chi connectivity index (χ3v) is 7.14. The van der Waals surface area contributed by atoms with Crippen LogP contribution >= 0.6 is 11.8 Å². The van der Waals surface area contributed by atoms with Crippen LogP contribution in [0.1, 0.15) is 44.1 Å². The van der Waals surface area contributed by atoms with Crippen molar-refractivity contribution in [1.82, 2.24) is 10.2 Å². The van der Waals surface area contributed by atoms with Gasteiger partial charge in [0.2, 0.25) is 11.8 Å². The Morgan fingerprint density at radius 2 is 1.93 bits per heavy atom. The monoisotopic (exact) mass is 389 g/mol. The van der Waals surface area contributed by atoms with Crippen molar-refractivity contribution in [3.05, 3.63) is 29.8 Å². The summed E-state index contributed by atoms with van der Waals surface area (Å²) in [6.07, 6.45) is 5.77. The van der Waals surface area contributed by atoms with Gasteiger partial charge >= 0.3 is 0 Å². The van der Waals surface area contributed by atoms with Gasteiger partial charge in [-0.1, -0.05) is 30.5 Å². The lowest BCUT2D eigenvalue weighted by Crippen LogP contribution is -2.51. The highest BCUT2D eigenvalue weighted by Crippen LogP contribution is 2.47. The molecule has 1 atom stereocenters. The Bertz CT molecular complexity index is 656. The number of nitrogens with two attached hydrogens (primary N) is 1. The number of nitrogens with zero attached hydrogens (tertiary/aromatic N) is 1. The van der Waals surface area contributed by atoms with E-state index in [-0.39, 0.29) is 22.5 Å². The molecule has 0 radical (unpaired) electrons. The maximum absolute atomic E-state index is 13.5. The summed E-state index contributed by atoms with van der Waals surface area (Å²) in [6, 6.07) is 8.45. The van der Waals surface area contributed by atoms with Crippen LogP contribution < -0.4 is 11.1 Å². The largest absolute Gasteiger partial charge is 0.355 e. The number of benzene rings is 1. The molecule has 1 heterocycles. The predicted molar refractivity (Wildman–Crippen MR) is 110 cm³/mol. The average molecular weight is 390 g/mol. The van der Waals surface area contributed by atoms with Crippen molar-refractivity contribution in [3.63, 3.8) is 0 Å². The summed E-state index contributed by atoms with van der Waals surface area (Å²) in [6.45, 7) is 4.31. The third kappa shape index (κ3) is 4.85.